The van der Waals surface area contributed by atoms with Gasteiger partial charge in [0.15, 0.2) is 5.82 Å². The van der Waals surface area contributed by atoms with Gasteiger partial charge in [-0.1, -0.05) is 30.6 Å². The Labute approximate surface area is 175 Å². The standard InChI is InChI=1S/C22H25ClN4O2/c1-12(2)19(22-25-20(26-29-22)15-5-6-15)24-21(28)18-11-13(3)27(14(18)4)17-9-7-16(23)8-10-17/h7-12,15,19H,5-6H2,1-4H3,(H,24,28). The summed E-state index contributed by atoms with van der Waals surface area (Å²) in [4.78, 5) is 17.7. The van der Waals surface area contributed by atoms with Gasteiger partial charge in [-0.25, -0.2) is 0 Å². The van der Waals surface area contributed by atoms with Crippen LogP contribution in [0.1, 0.15) is 72.1 Å². The van der Waals surface area contributed by atoms with Crippen molar-refractivity contribution in [2.45, 2.75) is 52.5 Å². The molecule has 6 nitrogen and oxygen atoms in total. The second-order valence-electron chi connectivity index (χ2n) is 8.06. The summed E-state index contributed by atoms with van der Waals surface area (Å²) in [6.07, 6.45) is 2.21. The van der Waals surface area contributed by atoms with Crippen molar-refractivity contribution in [3.05, 3.63) is 64.0 Å². The summed E-state index contributed by atoms with van der Waals surface area (Å²) in [6.45, 7) is 7.99. The van der Waals surface area contributed by atoms with Crippen LogP contribution >= 0.6 is 11.6 Å². The summed E-state index contributed by atoms with van der Waals surface area (Å²) in [6, 6.07) is 9.15. The van der Waals surface area contributed by atoms with Crippen LogP contribution in [0.3, 0.4) is 0 Å². The fraction of sp³-hybridized carbons (Fsp3) is 0.409. The average molecular weight is 413 g/mol. The zero-order valence-corrected chi connectivity index (χ0v) is 17.8. The number of aromatic nitrogens is 3. The molecule has 1 aliphatic carbocycles. The predicted octanol–water partition coefficient (Wildman–Crippen LogP) is 5.14. The van der Waals surface area contributed by atoms with Crippen molar-refractivity contribution in [3.8, 4) is 5.69 Å². The molecule has 2 aromatic heterocycles. The van der Waals surface area contributed by atoms with E-state index in [4.69, 9.17) is 16.1 Å². The molecule has 1 N–H and O–H groups in total. The van der Waals surface area contributed by atoms with Gasteiger partial charge in [-0.15, -0.1) is 0 Å². The van der Waals surface area contributed by atoms with Crippen LogP contribution < -0.4 is 5.32 Å². The molecule has 1 aromatic carbocycles. The Morgan fingerprint density at radius 3 is 2.55 bits per heavy atom. The molecule has 29 heavy (non-hydrogen) atoms. The van der Waals surface area contributed by atoms with E-state index in [1.54, 1.807) is 0 Å². The van der Waals surface area contributed by atoms with Gasteiger partial charge in [0.1, 0.15) is 6.04 Å². The average Bonchev–Trinajstić information content (AvgIpc) is 3.34. The lowest BCUT2D eigenvalue weighted by Crippen LogP contribution is -2.32. The maximum atomic E-state index is 13.1. The highest BCUT2D eigenvalue weighted by atomic mass is 35.5. The quantitative estimate of drug-likeness (QED) is 0.608. The summed E-state index contributed by atoms with van der Waals surface area (Å²) < 4.78 is 7.52. The third kappa shape index (κ3) is 3.94. The number of rotatable bonds is 6. The molecular weight excluding hydrogens is 388 g/mol. The van der Waals surface area contributed by atoms with E-state index in [1.165, 1.54) is 0 Å². The predicted molar refractivity (Wildman–Crippen MR) is 112 cm³/mol. The molecule has 1 atom stereocenters. The van der Waals surface area contributed by atoms with Crippen molar-refractivity contribution in [1.82, 2.24) is 20.0 Å². The molecule has 1 fully saturated rings. The monoisotopic (exact) mass is 412 g/mol. The minimum Gasteiger partial charge on any atom is -0.340 e. The van der Waals surface area contributed by atoms with Crippen molar-refractivity contribution in [3.63, 3.8) is 0 Å². The zero-order valence-electron chi connectivity index (χ0n) is 17.1. The number of hydrogen-bond acceptors (Lipinski definition) is 4. The third-order valence-electron chi connectivity index (χ3n) is 5.38. The van der Waals surface area contributed by atoms with Gasteiger partial charge in [0, 0.05) is 28.0 Å². The number of halogens is 1. The van der Waals surface area contributed by atoms with Crippen LogP contribution in [0.2, 0.25) is 5.02 Å². The molecule has 0 spiro atoms. The molecular formula is C22H25ClN4O2. The molecule has 2 heterocycles. The number of hydrogen-bond donors (Lipinski definition) is 1. The molecule has 152 valence electrons. The lowest BCUT2D eigenvalue weighted by atomic mass is 10.0. The van der Waals surface area contributed by atoms with E-state index in [1.807, 2.05) is 62.6 Å². The van der Waals surface area contributed by atoms with E-state index >= 15 is 0 Å². The van der Waals surface area contributed by atoms with Crippen LogP contribution in [0.5, 0.6) is 0 Å². The van der Waals surface area contributed by atoms with E-state index in [0.717, 1.165) is 35.7 Å². The molecule has 0 bridgehead atoms. The highest BCUT2D eigenvalue weighted by Gasteiger charge is 2.32. The lowest BCUT2D eigenvalue weighted by Gasteiger charge is -2.18. The largest absolute Gasteiger partial charge is 0.340 e. The summed E-state index contributed by atoms with van der Waals surface area (Å²) in [5.41, 5.74) is 3.44. The van der Waals surface area contributed by atoms with Gasteiger partial charge in [-0.05, 0) is 62.9 Å². The smallest absolute Gasteiger partial charge is 0.253 e. The second kappa shape index (κ2) is 7.67. The Hall–Kier alpha value is -2.60. The van der Waals surface area contributed by atoms with E-state index in [-0.39, 0.29) is 17.9 Å². The Bertz CT molecular complexity index is 1030. The molecule has 7 heteroatoms. The van der Waals surface area contributed by atoms with Gasteiger partial charge in [0.25, 0.3) is 5.91 Å². The molecule has 1 amide bonds. The first-order valence-corrected chi connectivity index (χ1v) is 10.3. The maximum absolute atomic E-state index is 13.1. The Morgan fingerprint density at radius 1 is 1.24 bits per heavy atom. The molecule has 1 saturated carbocycles. The van der Waals surface area contributed by atoms with Crippen molar-refractivity contribution in [2.24, 2.45) is 5.92 Å². The van der Waals surface area contributed by atoms with Gasteiger partial charge in [0.2, 0.25) is 5.89 Å². The molecule has 4 rings (SSSR count). The number of benzene rings is 1. The highest BCUT2D eigenvalue weighted by molar-refractivity contribution is 6.30. The first-order valence-electron chi connectivity index (χ1n) is 9.94. The topological polar surface area (TPSA) is 73.0 Å². The fourth-order valence-electron chi connectivity index (χ4n) is 3.59. The summed E-state index contributed by atoms with van der Waals surface area (Å²) in [5.74, 6) is 1.60. The van der Waals surface area contributed by atoms with Crippen LogP contribution in [0.15, 0.2) is 34.9 Å². The van der Waals surface area contributed by atoms with Crippen LogP contribution in [0.25, 0.3) is 5.69 Å². The fourth-order valence-corrected chi connectivity index (χ4v) is 3.72. The van der Waals surface area contributed by atoms with Gasteiger partial charge in [-0.2, -0.15) is 4.98 Å². The lowest BCUT2D eigenvalue weighted by molar-refractivity contribution is 0.0913. The maximum Gasteiger partial charge on any atom is 0.253 e. The van der Waals surface area contributed by atoms with Crippen molar-refractivity contribution < 1.29 is 9.32 Å². The van der Waals surface area contributed by atoms with E-state index < -0.39 is 0 Å². The van der Waals surface area contributed by atoms with Crippen molar-refractivity contribution in [1.29, 1.82) is 0 Å². The Balaban J connectivity index is 1.59. The van der Waals surface area contributed by atoms with Crippen LogP contribution in [0.4, 0.5) is 0 Å². The van der Waals surface area contributed by atoms with E-state index in [9.17, 15) is 4.79 Å². The van der Waals surface area contributed by atoms with Gasteiger partial charge < -0.3 is 14.4 Å². The van der Waals surface area contributed by atoms with Crippen LogP contribution in [-0.4, -0.2) is 20.6 Å². The van der Waals surface area contributed by atoms with Gasteiger partial charge >= 0.3 is 0 Å². The third-order valence-corrected chi connectivity index (χ3v) is 5.63. The SMILES string of the molecule is Cc1cc(C(=O)NC(c2nc(C3CC3)no2)C(C)C)c(C)n1-c1ccc(Cl)cc1. The summed E-state index contributed by atoms with van der Waals surface area (Å²) in [5, 5.41) is 7.87. The van der Waals surface area contributed by atoms with Crippen molar-refractivity contribution in [2.75, 3.05) is 0 Å². The highest BCUT2D eigenvalue weighted by Crippen LogP contribution is 2.38. The van der Waals surface area contributed by atoms with Crippen LogP contribution in [-0.2, 0) is 0 Å². The van der Waals surface area contributed by atoms with E-state index in [0.29, 0.717) is 22.4 Å². The number of aryl methyl sites for hydroxylation is 1. The molecule has 1 aliphatic rings. The first-order chi connectivity index (χ1) is 13.8. The summed E-state index contributed by atoms with van der Waals surface area (Å²) >= 11 is 6.01. The Morgan fingerprint density at radius 2 is 1.93 bits per heavy atom. The number of nitrogens with zero attached hydrogens (tertiary/aromatic N) is 3. The summed E-state index contributed by atoms with van der Waals surface area (Å²) in [7, 11) is 0. The molecule has 3 aromatic rings. The number of carbonyl (C=O) groups is 1. The van der Waals surface area contributed by atoms with Crippen molar-refractivity contribution >= 4 is 17.5 Å². The Kier molecular flexibility index (Phi) is 5.21. The molecule has 0 saturated heterocycles. The molecule has 1 unspecified atom stereocenters. The molecule has 0 aliphatic heterocycles. The van der Waals surface area contributed by atoms with Gasteiger partial charge in [-0.3, -0.25) is 4.79 Å². The second-order valence-corrected chi connectivity index (χ2v) is 8.49. The first kappa shape index (κ1) is 19.7. The minimum atomic E-state index is -0.332. The number of amides is 1. The zero-order chi connectivity index (χ0) is 20.7. The van der Waals surface area contributed by atoms with Crippen LogP contribution in [0, 0.1) is 19.8 Å². The van der Waals surface area contributed by atoms with E-state index in [2.05, 4.69) is 15.5 Å². The number of carbonyl (C=O) groups excluding carboxylic acids is 1. The normalized spacial score (nSPS) is 15.0. The minimum absolute atomic E-state index is 0.117. The number of nitrogens with one attached hydrogen (secondary N) is 1. The van der Waals surface area contributed by atoms with Gasteiger partial charge in [0.05, 0.1) is 5.56 Å². The molecule has 0 radical (unpaired) electrons.